The fourth-order valence-corrected chi connectivity index (χ4v) is 4.32. The van der Waals surface area contributed by atoms with E-state index in [1.165, 1.54) is 6.07 Å². The van der Waals surface area contributed by atoms with Gasteiger partial charge in [-0.3, -0.25) is 0 Å². The predicted octanol–water partition coefficient (Wildman–Crippen LogP) is 6.84. The van der Waals surface area contributed by atoms with Gasteiger partial charge in [-0.05, 0) is 70.1 Å². The van der Waals surface area contributed by atoms with Gasteiger partial charge in [0.1, 0.15) is 17.4 Å². The summed E-state index contributed by atoms with van der Waals surface area (Å²) in [5.74, 6) is 0.656. The number of hydrogen-bond donors (Lipinski definition) is 0. The third kappa shape index (κ3) is 2.90. The average molecular weight is 425 g/mol. The highest BCUT2D eigenvalue weighted by Crippen LogP contribution is 2.44. The standard InChI is InChI=1S/C20H16BrF3O2/c1-2-11-10-25-18-9-12(3-4-13(11)18)26-17-8-6-15-14(17)5-7-16(19(15)21)20(22,23)24/h3-5,7,9-10,17H,2,6,8H2,1H3. The van der Waals surface area contributed by atoms with Crippen LogP contribution < -0.4 is 4.74 Å². The summed E-state index contributed by atoms with van der Waals surface area (Å²) >= 11 is 3.13. The lowest BCUT2D eigenvalue weighted by atomic mass is 10.1. The number of furan rings is 1. The number of benzene rings is 2. The van der Waals surface area contributed by atoms with Crippen molar-refractivity contribution in [1.82, 2.24) is 0 Å². The minimum Gasteiger partial charge on any atom is -0.486 e. The van der Waals surface area contributed by atoms with Crippen LogP contribution in [0.2, 0.25) is 0 Å². The van der Waals surface area contributed by atoms with Gasteiger partial charge in [0.2, 0.25) is 0 Å². The Kier molecular flexibility index (Phi) is 4.26. The number of rotatable bonds is 3. The highest BCUT2D eigenvalue weighted by molar-refractivity contribution is 9.10. The Labute approximate surface area is 157 Å². The van der Waals surface area contributed by atoms with Crippen molar-refractivity contribution < 1.29 is 22.3 Å². The molecule has 1 atom stereocenters. The van der Waals surface area contributed by atoms with Gasteiger partial charge in [-0.2, -0.15) is 13.2 Å². The summed E-state index contributed by atoms with van der Waals surface area (Å²) in [5, 5.41) is 1.06. The van der Waals surface area contributed by atoms with Crippen molar-refractivity contribution >= 4 is 26.9 Å². The highest BCUT2D eigenvalue weighted by atomic mass is 79.9. The van der Waals surface area contributed by atoms with Gasteiger partial charge < -0.3 is 9.15 Å². The van der Waals surface area contributed by atoms with Gasteiger partial charge in [-0.15, -0.1) is 0 Å². The molecule has 6 heteroatoms. The van der Waals surface area contributed by atoms with Crippen molar-refractivity contribution in [2.24, 2.45) is 0 Å². The van der Waals surface area contributed by atoms with E-state index in [1.807, 2.05) is 18.2 Å². The van der Waals surface area contributed by atoms with E-state index < -0.39 is 11.7 Å². The Morgan fingerprint density at radius 1 is 1.23 bits per heavy atom. The van der Waals surface area contributed by atoms with Crippen LogP contribution in [0.4, 0.5) is 13.2 Å². The summed E-state index contributed by atoms with van der Waals surface area (Å²) in [7, 11) is 0. The lowest BCUT2D eigenvalue weighted by Crippen LogP contribution is -2.09. The first kappa shape index (κ1) is 17.5. The van der Waals surface area contributed by atoms with Crippen molar-refractivity contribution in [3.63, 3.8) is 0 Å². The molecule has 0 bridgehead atoms. The summed E-state index contributed by atoms with van der Waals surface area (Å²) in [6.07, 6.45) is -0.803. The lowest BCUT2D eigenvalue weighted by molar-refractivity contribution is -0.138. The van der Waals surface area contributed by atoms with Crippen molar-refractivity contribution in [2.75, 3.05) is 0 Å². The largest absolute Gasteiger partial charge is 0.486 e. The van der Waals surface area contributed by atoms with Crippen LogP contribution in [0.1, 0.15) is 41.7 Å². The topological polar surface area (TPSA) is 22.4 Å². The number of halogens is 4. The van der Waals surface area contributed by atoms with Crippen LogP contribution in [-0.4, -0.2) is 0 Å². The molecule has 0 aliphatic heterocycles. The van der Waals surface area contributed by atoms with Crippen LogP contribution in [0.3, 0.4) is 0 Å². The van der Waals surface area contributed by atoms with Crippen LogP contribution in [0.15, 0.2) is 45.5 Å². The molecule has 136 valence electrons. The zero-order valence-electron chi connectivity index (χ0n) is 14.0. The molecule has 0 spiro atoms. The van der Waals surface area contributed by atoms with Gasteiger partial charge in [0.05, 0.1) is 11.8 Å². The molecule has 1 aliphatic carbocycles. The molecule has 2 nitrogen and oxygen atoms in total. The van der Waals surface area contributed by atoms with Crippen molar-refractivity contribution in [1.29, 1.82) is 0 Å². The summed E-state index contributed by atoms with van der Waals surface area (Å²) in [6, 6.07) is 8.33. The highest BCUT2D eigenvalue weighted by Gasteiger charge is 2.36. The van der Waals surface area contributed by atoms with Crippen LogP contribution in [-0.2, 0) is 19.0 Å². The third-order valence-electron chi connectivity index (χ3n) is 4.87. The molecule has 1 aromatic heterocycles. The molecular weight excluding hydrogens is 409 g/mol. The average Bonchev–Trinajstić information content (AvgIpc) is 3.18. The molecule has 0 amide bonds. The van der Waals surface area contributed by atoms with E-state index in [1.54, 1.807) is 6.26 Å². The molecule has 0 N–H and O–H groups in total. The number of ether oxygens (including phenoxy) is 1. The molecule has 26 heavy (non-hydrogen) atoms. The van der Waals surface area contributed by atoms with E-state index in [-0.39, 0.29) is 10.6 Å². The number of hydrogen-bond acceptors (Lipinski definition) is 2. The number of alkyl halides is 3. The van der Waals surface area contributed by atoms with Gasteiger partial charge >= 0.3 is 6.18 Å². The van der Waals surface area contributed by atoms with E-state index >= 15 is 0 Å². The first-order valence-electron chi connectivity index (χ1n) is 8.43. The maximum atomic E-state index is 13.1. The minimum absolute atomic E-state index is 0.127. The maximum absolute atomic E-state index is 13.1. The fraction of sp³-hybridized carbons (Fsp3) is 0.300. The Balaban J connectivity index is 1.63. The Morgan fingerprint density at radius 3 is 2.77 bits per heavy atom. The summed E-state index contributed by atoms with van der Waals surface area (Å²) in [5.41, 5.74) is 2.74. The van der Waals surface area contributed by atoms with E-state index in [0.717, 1.165) is 34.6 Å². The molecule has 3 aromatic rings. The smallest absolute Gasteiger partial charge is 0.417 e. The first-order chi connectivity index (χ1) is 12.4. The Bertz CT molecular complexity index is 975. The number of fused-ring (bicyclic) bond motifs is 2. The Morgan fingerprint density at radius 2 is 2.04 bits per heavy atom. The summed E-state index contributed by atoms with van der Waals surface area (Å²) in [6.45, 7) is 2.07. The molecule has 1 heterocycles. The summed E-state index contributed by atoms with van der Waals surface area (Å²) < 4.78 is 51.0. The molecular formula is C20H16BrF3O2. The second kappa shape index (κ2) is 6.34. The van der Waals surface area contributed by atoms with E-state index in [0.29, 0.717) is 24.2 Å². The van der Waals surface area contributed by atoms with E-state index in [2.05, 4.69) is 22.9 Å². The van der Waals surface area contributed by atoms with E-state index in [9.17, 15) is 13.2 Å². The zero-order chi connectivity index (χ0) is 18.5. The number of aryl methyl sites for hydroxylation is 1. The second-order valence-corrected chi connectivity index (χ2v) is 7.20. The molecule has 1 aliphatic rings. The lowest BCUT2D eigenvalue weighted by Gasteiger charge is -2.17. The monoisotopic (exact) mass is 424 g/mol. The van der Waals surface area contributed by atoms with E-state index in [4.69, 9.17) is 9.15 Å². The van der Waals surface area contributed by atoms with Crippen LogP contribution in [0.5, 0.6) is 5.75 Å². The van der Waals surface area contributed by atoms with Crippen molar-refractivity contribution in [3.8, 4) is 5.75 Å². The Hall–Kier alpha value is -1.95. The van der Waals surface area contributed by atoms with Gasteiger partial charge in [-0.1, -0.05) is 13.0 Å². The SMILES string of the molecule is CCc1coc2cc(OC3CCc4c3ccc(C(F)(F)F)c4Br)ccc12. The van der Waals surface area contributed by atoms with Gasteiger partial charge in [0, 0.05) is 15.9 Å². The molecule has 1 unspecified atom stereocenters. The van der Waals surface area contributed by atoms with Crippen LogP contribution >= 0.6 is 15.9 Å². The molecule has 0 saturated carbocycles. The summed E-state index contributed by atoms with van der Waals surface area (Å²) in [4.78, 5) is 0. The third-order valence-corrected chi connectivity index (χ3v) is 5.78. The molecule has 4 rings (SSSR count). The zero-order valence-corrected chi connectivity index (χ0v) is 15.6. The van der Waals surface area contributed by atoms with Crippen LogP contribution in [0.25, 0.3) is 11.0 Å². The van der Waals surface area contributed by atoms with Gasteiger partial charge in [0.15, 0.2) is 0 Å². The van der Waals surface area contributed by atoms with Gasteiger partial charge in [-0.25, -0.2) is 0 Å². The predicted molar refractivity (Wildman–Crippen MR) is 96.4 cm³/mol. The first-order valence-corrected chi connectivity index (χ1v) is 9.23. The molecule has 2 aromatic carbocycles. The molecule has 0 fully saturated rings. The maximum Gasteiger partial charge on any atom is 0.417 e. The fourth-order valence-electron chi connectivity index (χ4n) is 3.54. The normalized spacial score (nSPS) is 16.9. The molecule has 0 radical (unpaired) electrons. The van der Waals surface area contributed by atoms with Crippen LogP contribution in [0, 0.1) is 0 Å². The second-order valence-electron chi connectivity index (χ2n) is 6.41. The van der Waals surface area contributed by atoms with Crippen molar-refractivity contribution in [2.45, 2.75) is 38.5 Å². The van der Waals surface area contributed by atoms with Crippen molar-refractivity contribution in [3.05, 3.63) is 63.3 Å². The quantitative estimate of drug-likeness (QED) is 0.458. The van der Waals surface area contributed by atoms with Gasteiger partial charge in [0.25, 0.3) is 0 Å². The molecule has 0 saturated heterocycles. The minimum atomic E-state index is -4.37.